The SMILES string of the molecule is C[C@@H](CS(=O)(=O)CCCNCC1CC(=O)NC(=O)N1)c1ccc(F)c(OCC2CC2)c1. The summed E-state index contributed by atoms with van der Waals surface area (Å²) in [4.78, 5) is 22.6. The standard InChI is InChI=1S/C21H30FN3O5S/c1-14(16-5-6-18(22)19(9-16)30-12-15-3-4-15)13-31(28,29)8-2-7-23-11-17-10-20(26)25-21(27)24-17/h5-6,9,14-15,17,23H,2-4,7-8,10-13H2,1H3,(H2,24,25,26,27)/t14-,17?/m0/s1. The lowest BCUT2D eigenvalue weighted by molar-refractivity contribution is -0.121. The first kappa shape index (κ1) is 23.5. The Bertz CT molecular complexity index is 888. The van der Waals surface area contributed by atoms with Gasteiger partial charge in [-0.15, -0.1) is 0 Å². The number of hydrogen-bond acceptors (Lipinski definition) is 6. The summed E-state index contributed by atoms with van der Waals surface area (Å²) in [5.74, 6) is -0.362. The summed E-state index contributed by atoms with van der Waals surface area (Å²) >= 11 is 0. The van der Waals surface area contributed by atoms with E-state index in [1.807, 2.05) is 6.92 Å². The average molecular weight is 456 g/mol. The molecule has 172 valence electrons. The number of ether oxygens (including phenoxy) is 1. The van der Waals surface area contributed by atoms with Gasteiger partial charge in [-0.05, 0) is 55.3 Å². The fourth-order valence-corrected chi connectivity index (χ4v) is 5.19. The van der Waals surface area contributed by atoms with Crippen LogP contribution in [-0.4, -0.2) is 57.6 Å². The second-order valence-corrected chi connectivity index (χ2v) is 10.7. The van der Waals surface area contributed by atoms with E-state index in [0.717, 1.165) is 18.4 Å². The van der Waals surface area contributed by atoms with E-state index >= 15 is 0 Å². The van der Waals surface area contributed by atoms with Gasteiger partial charge in [0.05, 0.1) is 24.2 Å². The van der Waals surface area contributed by atoms with E-state index in [-0.39, 0.29) is 41.5 Å². The van der Waals surface area contributed by atoms with E-state index in [9.17, 15) is 22.4 Å². The van der Waals surface area contributed by atoms with E-state index in [1.165, 1.54) is 6.07 Å². The van der Waals surface area contributed by atoms with Crippen LogP contribution in [0, 0.1) is 11.7 Å². The Balaban J connectivity index is 1.40. The summed E-state index contributed by atoms with van der Waals surface area (Å²) in [6, 6.07) is 3.73. The number of carbonyl (C=O) groups excluding carboxylic acids is 2. The molecular formula is C21H30FN3O5S. The topological polar surface area (TPSA) is 114 Å². The Morgan fingerprint density at radius 1 is 1.29 bits per heavy atom. The van der Waals surface area contributed by atoms with E-state index in [1.54, 1.807) is 12.1 Å². The summed E-state index contributed by atoms with van der Waals surface area (Å²) < 4.78 is 44.5. The summed E-state index contributed by atoms with van der Waals surface area (Å²) in [6.07, 6.45) is 2.82. The Morgan fingerprint density at radius 3 is 2.77 bits per heavy atom. The van der Waals surface area contributed by atoms with Crippen LogP contribution in [0.25, 0.3) is 0 Å². The first-order valence-corrected chi connectivity index (χ1v) is 12.5. The van der Waals surface area contributed by atoms with E-state index < -0.39 is 21.7 Å². The molecule has 31 heavy (non-hydrogen) atoms. The molecule has 2 fully saturated rings. The first-order chi connectivity index (χ1) is 14.7. The average Bonchev–Trinajstić information content (AvgIpc) is 3.50. The Kier molecular flexibility index (Phi) is 7.88. The van der Waals surface area contributed by atoms with Crippen molar-refractivity contribution in [2.24, 2.45) is 5.92 Å². The zero-order valence-electron chi connectivity index (χ0n) is 17.7. The van der Waals surface area contributed by atoms with Crippen LogP contribution in [0.2, 0.25) is 0 Å². The second-order valence-electron chi connectivity index (χ2n) is 8.44. The van der Waals surface area contributed by atoms with Crippen molar-refractivity contribution in [3.63, 3.8) is 0 Å². The van der Waals surface area contributed by atoms with Gasteiger partial charge < -0.3 is 15.4 Å². The molecule has 1 aliphatic carbocycles. The molecule has 2 atom stereocenters. The maximum atomic E-state index is 14.0. The van der Waals surface area contributed by atoms with Gasteiger partial charge in [0, 0.05) is 13.0 Å². The number of urea groups is 1. The van der Waals surface area contributed by atoms with Crippen molar-refractivity contribution in [3.05, 3.63) is 29.6 Å². The third-order valence-corrected chi connectivity index (χ3v) is 7.34. The molecule has 1 saturated heterocycles. The monoisotopic (exact) mass is 455 g/mol. The smallest absolute Gasteiger partial charge is 0.321 e. The quantitative estimate of drug-likeness (QED) is 0.414. The number of imide groups is 1. The van der Waals surface area contributed by atoms with Crippen molar-refractivity contribution in [1.82, 2.24) is 16.0 Å². The van der Waals surface area contributed by atoms with Gasteiger partial charge in [-0.25, -0.2) is 17.6 Å². The second kappa shape index (κ2) is 10.4. The third kappa shape index (κ3) is 7.77. The Labute approximate surface area is 182 Å². The maximum Gasteiger partial charge on any atom is 0.321 e. The van der Waals surface area contributed by atoms with Crippen molar-refractivity contribution in [1.29, 1.82) is 0 Å². The summed E-state index contributed by atoms with van der Waals surface area (Å²) in [5, 5.41) is 7.87. The number of carbonyl (C=O) groups is 2. The molecule has 10 heteroatoms. The number of nitrogens with one attached hydrogen (secondary N) is 3. The van der Waals surface area contributed by atoms with Crippen LogP contribution in [0.4, 0.5) is 9.18 Å². The predicted octanol–water partition coefficient (Wildman–Crippen LogP) is 1.71. The summed E-state index contributed by atoms with van der Waals surface area (Å²) in [7, 11) is -3.30. The normalized spacial score (nSPS) is 20.1. The molecular weight excluding hydrogens is 425 g/mol. The minimum atomic E-state index is -3.30. The molecule has 0 bridgehead atoms. The van der Waals surface area contributed by atoms with Gasteiger partial charge in [0.15, 0.2) is 21.4 Å². The highest BCUT2D eigenvalue weighted by Crippen LogP contribution is 2.31. The Morgan fingerprint density at radius 2 is 2.06 bits per heavy atom. The fourth-order valence-electron chi connectivity index (χ4n) is 3.48. The summed E-state index contributed by atoms with van der Waals surface area (Å²) in [5.41, 5.74) is 0.736. The van der Waals surface area contributed by atoms with Crippen molar-refractivity contribution in [2.75, 3.05) is 31.2 Å². The van der Waals surface area contributed by atoms with Gasteiger partial charge in [-0.3, -0.25) is 10.1 Å². The maximum absolute atomic E-state index is 14.0. The van der Waals surface area contributed by atoms with Crippen molar-refractivity contribution in [2.45, 2.75) is 44.6 Å². The van der Waals surface area contributed by atoms with Crippen LogP contribution in [-0.2, 0) is 14.6 Å². The number of halogens is 1. The molecule has 3 rings (SSSR count). The molecule has 0 aromatic heterocycles. The number of rotatable bonds is 12. The van der Waals surface area contributed by atoms with Crippen LogP contribution in [0.5, 0.6) is 5.75 Å². The lowest BCUT2D eigenvalue weighted by Gasteiger charge is -2.23. The highest BCUT2D eigenvalue weighted by Gasteiger charge is 2.24. The lowest BCUT2D eigenvalue weighted by Crippen LogP contribution is -2.55. The van der Waals surface area contributed by atoms with Gasteiger partial charge >= 0.3 is 6.03 Å². The fraction of sp³-hybridized carbons (Fsp3) is 0.619. The molecule has 1 aliphatic heterocycles. The number of hydrogen-bond donors (Lipinski definition) is 3. The van der Waals surface area contributed by atoms with Gasteiger partial charge in [-0.1, -0.05) is 13.0 Å². The van der Waals surface area contributed by atoms with E-state index in [0.29, 0.717) is 32.0 Å². The minimum Gasteiger partial charge on any atom is -0.490 e. The van der Waals surface area contributed by atoms with E-state index in [4.69, 9.17) is 4.74 Å². The van der Waals surface area contributed by atoms with Crippen LogP contribution in [0.3, 0.4) is 0 Å². The number of benzene rings is 1. The molecule has 3 amide bonds. The highest BCUT2D eigenvalue weighted by molar-refractivity contribution is 7.91. The molecule has 1 aromatic rings. The van der Waals surface area contributed by atoms with Gasteiger partial charge in [0.1, 0.15) is 0 Å². The zero-order valence-corrected chi connectivity index (χ0v) is 18.5. The van der Waals surface area contributed by atoms with Crippen molar-refractivity contribution in [3.8, 4) is 5.75 Å². The molecule has 1 saturated carbocycles. The third-order valence-electron chi connectivity index (χ3n) is 5.42. The largest absolute Gasteiger partial charge is 0.490 e. The molecule has 0 spiro atoms. The molecule has 3 N–H and O–H groups in total. The van der Waals surface area contributed by atoms with Crippen LogP contribution >= 0.6 is 0 Å². The molecule has 1 heterocycles. The molecule has 1 aromatic carbocycles. The zero-order chi connectivity index (χ0) is 22.4. The van der Waals surface area contributed by atoms with E-state index in [2.05, 4.69) is 16.0 Å². The molecule has 2 aliphatic rings. The molecule has 1 unspecified atom stereocenters. The van der Waals surface area contributed by atoms with Gasteiger partial charge in [0.2, 0.25) is 5.91 Å². The van der Waals surface area contributed by atoms with Gasteiger partial charge in [-0.2, -0.15) is 0 Å². The summed E-state index contributed by atoms with van der Waals surface area (Å²) in [6.45, 7) is 3.16. The lowest BCUT2D eigenvalue weighted by atomic mass is 10.0. The van der Waals surface area contributed by atoms with Gasteiger partial charge in [0.25, 0.3) is 0 Å². The van der Waals surface area contributed by atoms with Crippen molar-refractivity contribution >= 4 is 21.8 Å². The Hall–Kier alpha value is -2.20. The van der Waals surface area contributed by atoms with Crippen LogP contribution < -0.4 is 20.7 Å². The van der Waals surface area contributed by atoms with Crippen LogP contribution in [0.1, 0.15) is 44.1 Å². The molecule has 0 radical (unpaired) electrons. The van der Waals surface area contributed by atoms with Crippen molar-refractivity contribution < 1.29 is 27.1 Å². The number of sulfone groups is 1. The molecule has 8 nitrogen and oxygen atoms in total. The predicted molar refractivity (Wildman–Crippen MR) is 114 cm³/mol. The minimum absolute atomic E-state index is 0.0219. The van der Waals surface area contributed by atoms with Crippen LogP contribution in [0.15, 0.2) is 18.2 Å². The number of amides is 3. The first-order valence-electron chi connectivity index (χ1n) is 10.7. The highest BCUT2D eigenvalue weighted by atomic mass is 32.2.